The molecule has 2 aromatic rings. The number of nitrogens with zero attached hydrogens (tertiary/aromatic N) is 4. The summed E-state index contributed by atoms with van der Waals surface area (Å²) >= 11 is 0. The van der Waals surface area contributed by atoms with Gasteiger partial charge in [-0.3, -0.25) is 9.78 Å². The maximum atomic E-state index is 11.6. The van der Waals surface area contributed by atoms with Crippen molar-refractivity contribution < 1.29 is 4.79 Å². The van der Waals surface area contributed by atoms with E-state index in [0.29, 0.717) is 23.6 Å². The van der Waals surface area contributed by atoms with Gasteiger partial charge < -0.3 is 16.4 Å². The topological polar surface area (TPSA) is 111 Å². The van der Waals surface area contributed by atoms with Gasteiger partial charge in [0.1, 0.15) is 5.82 Å². The summed E-state index contributed by atoms with van der Waals surface area (Å²) in [6.07, 6.45) is 5.06. The van der Waals surface area contributed by atoms with E-state index in [1.807, 2.05) is 24.0 Å². The van der Waals surface area contributed by atoms with Gasteiger partial charge in [0, 0.05) is 31.0 Å². The molecule has 0 spiro atoms. The predicted molar refractivity (Wildman–Crippen MR) is 95.5 cm³/mol. The summed E-state index contributed by atoms with van der Waals surface area (Å²) in [5, 5.41) is 0. The van der Waals surface area contributed by atoms with Gasteiger partial charge in [0.25, 0.3) is 0 Å². The number of carbonyl (C=O) groups is 1. The van der Waals surface area contributed by atoms with Crippen LogP contribution in [-0.4, -0.2) is 33.9 Å². The zero-order chi connectivity index (χ0) is 17.8. The monoisotopic (exact) mass is 336 g/mol. The Hall–Kier alpha value is -3.14. The SMILES string of the molecule is Cc1nc(N)nc(N2CCCC(C(N)=O)C2)c1C#Cc1cccnc1. The smallest absolute Gasteiger partial charge is 0.222 e. The lowest BCUT2D eigenvalue weighted by Crippen LogP contribution is -2.42. The molecule has 1 atom stereocenters. The molecule has 0 radical (unpaired) electrons. The number of pyridine rings is 1. The minimum Gasteiger partial charge on any atom is -0.369 e. The molecule has 0 aromatic carbocycles. The summed E-state index contributed by atoms with van der Waals surface area (Å²) < 4.78 is 0. The van der Waals surface area contributed by atoms with E-state index in [0.717, 1.165) is 24.9 Å². The molecule has 7 heteroatoms. The van der Waals surface area contributed by atoms with E-state index >= 15 is 0 Å². The quantitative estimate of drug-likeness (QED) is 0.787. The zero-order valence-electron chi connectivity index (χ0n) is 14.1. The Bertz CT molecular complexity index is 840. The fraction of sp³-hybridized carbons (Fsp3) is 0.333. The van der Waals surface area contributed by atoms with Crippen LogP contribution in [0.3, 0.4) is 0 Å². The molecule has 1 fully saturated rings. The van der Waals surface area contributed by atoms with Gasteiger partial charge in [0.2, 0.25) is 11.9 Å². The molecule has 1 amide bonds. The van der Waals surface area contributed by atoms with Crippen molar-refractivity contribution in [1.82, 2.24) is 15.0 Å². The van der Waals surface area contributed by atoms with Crippen LogP contribution in [0.1, 0.15) is 29.7 Å². The highest BCUT2D eigenvalue weighted by molar-refractivity contribution is 5.77. The molecular formula is C18H20N6O. The Kier molecular flexibility index (Phi) is 4.80. The molecule has 25 heavy (non-hydrogen) atoms. The first-order valence-corrected chi connectivity index (χ1v) is 8.15. The molecule has 1 unspecified atom stereocenters. The molecule has 2 aromatic heterocycles. The zero-order valence-corrected chi connectivity index (χ0v) is 14.1. The number of nitrogens with two attached hydrogens (primary N) is 2. The number of hydrogen-bond acceptors (Lipinski definition) is 6. The van der Waals surface area contributed by atoms with E-state index in [1.165, 1.54) is 0 Å². The summed E-state index contributed by atoms with van der Waals surface area (Å²) in [6, 6.07) is 3.72. The maximum Gasteiger partial charge on any atom is 0.222 e. The highest BCUT2D eigenvalue weighted by Crippen LogP contribution is 2.26. The van der Waals surface area contributed by atoms with Crippen molar-refractivity contribution in [3.05, 3.63) is 41.3 Å². The van der Waals surface area contributed by atoms with Crippen molar-refractivity contribution >= 4 is 17.7 Å². The average molecular weight is 336 g/mol. The van der Waals surface area contributed by atoms with Crippen molar-refractivity contribution in [3.8, 4) is 11.8 Å². The fourth-order valence-corrected chi connectivity index (χ4v) is 2.93. The van der Waals surface area contributed by atoms with Crippen LogP contribution < -0.4 is 16.4 Å². The third-order valence-corrected chi connectivity index (χ3v) is 4.20. The molecule has 1 aliphatic heterocycles. The van der Waals surface area contributed by atoms with Crippen molar-refractivity contribution in [1.29, 1.82) is 0 Å². The number of amides is 1. The van der Waals surface area contributed by atoms with Gasteiger partial charge in [-0.2, -0.15) is 4.98 Å². The van der Waals surface area contributed by atoms with E-state index in [9.17, 15) is 4.79 Å². The van der Waals surface area contributed by atoms with Crippen molar-refractivity contribution in [2.45, 2.75) is 19.8 Å². The van der Waals surface area contributed by atoms with E-state index < -0.39 is 0 Å². The summed E-state index contributed by atoms with van der Waals surface area (Å²) in [6.45, 7) is 3.15. The molecule has 128 valence electrons. The highest BCUT2D eigenvalue weighted by atomic mass is 16.1. The molecule has 4 N–H and O–H groups in total. The van der Waals surface area contributed by atoms with Gasteiger partial charge in [0.15, 0.2) is 0 Å². The third kappa shape index (κ3) is 3.86. The van der Waals surface area contributed by atoms with Crippen molar-refractivity contribution in [3.63, 3.8) is 0 Å². The summed E-state index contributed by atoms with van der Waals surface area (Å²) in [5.41, 5.74) is 13.5. The Morgan fingerprint density at radius 3 is 2.92 bits per heavy atom. The molecule has 7 nitrogen and oxygen atoms in total. The first-order chi connectivity index (χ1) is 12.0. The Labute approximate surface area is 146 Å². The maximum absolute atomic E-state index is 11.6. The van der Waals surface area contributed by atoms with Crippen LogP contribution in [0.5, 0.6) is 0 Å². The van der Waals surface area contributed by atoms with Crippen LogP contribution >= 0.6 is 0 Å². The summed E-state index contributed by atoms with van der Waals surface area (Å²) in [7, 11) is 0. The molecule has 3 heterocycles. The molecule has 1 aliphatic rings. The van der Waals surface area contributed by atoms with E-state index in [1.54, 1.807) is 12.4 Å². The van der Waals surface area contributed by atoms with Gasteiger partial charge in [-0.25, -0.2) is 4.98 Å². The Morgan fingerprint density at radius 2 is 2.20 bits per heavy atom. The molecule has 0 aliphatic carbocycles. The fourth-order valence-electron chi connectivity index (χ4n) is 2.93. The van der Waals surface area contributed by atoms with Crippen LogP contribution in [0.15, 0.2) is 24.5 Å². The minimum absolute atomic E-state index is 0.190. The van der Waals surface area contributed by atoms with Crippen LogP contribution in [0.4, 0.5) is 11.8 Å². The van der Waals surface area contributed by atoms with Gasteiger partial charge in [-0.05, 0) is 31.9 Å². The number of primary amides is 1. The second-order valence-corrected chi connectivity index (χ2v) is 6.05. The Morgan fingerprint density at radius 1 is 1.36 bits per heavy atom. The highest BCUT2D eigenvalue weighted by Gasteiger charge is 2.27. The first kappa shape index (κ1) is 16.7. The number of hydrogen-bond donors (Lipinski definition) is 2. The standard InChI is InChI=1S/C18H20N6O/c1-12-15(7-6-13-4-2-8-21-10-13)17(23-18(20)22-12)24-9-3-5-14(11-24)16(19)25/h2,4,8,10,14H,3,5,9,11H2,1H3,(H2,19,25)(H2,20,22,23). The molecule has 0 bridgehead atoms. The minimum atomic E-state index is -0.286. The number of carbonyl (C=O) groups excluding carboxylic acids is 1. The second kappa shape index (κ2) is 7.18. The number of aryl methyl sites for hydroxylation is 1. The second-order valence-electron chi connectivity index (χ2n) is 6.05. The molecule has 3 rings (SSSR count). The number of rotatable bonds is 2. The van der Waals surface area contributed by atoms with Crippen LogP contribution in [-0.2, 0) is 4.79 Å². The summed E-state index contributed by atoms with van der Waals surface area (Å²) in [5.74, 6) is 6.60. The third-order valence-electron chi connectivity index (χ3n) is 4.20. The van der Waals surface area contributed by atoms with Gasteiger partial charge in [0.05, 0.1) is 17.2 Å². The van der Waals surface area contributed by atoms with Crippen LogP contribution in [0.25, 0.3) is 0 Å². The van der Waals surface area contributed by atoms with Gasteiger partial charge in [-0.1, -0.05) is 11.8 Å². The molecular weight excluding hydrogens is 316 g/mol. The van der Waals surface area contributed by atoms with Crippen LogP contribution in [0.2, 0.25) is 0 Å². The molecule has 1 saturated heterocycles. The number of nitrogen functional groups attached to an aromatic ring is 1. The van der Waals surface area contributed by atoms with E-state index in [4.69, 9.17) is 11.5 Å². The molecule has 0 saturated carbocycles. The number of piperidine rings is 1. The summed E-state index contributed by atoms with van der Waals surface area (Å²) in [4.78, 5) is 26.3. The predicted octanol–water partition coefficient (Wildman–Crippen LogP) is 0.864. The normalized spacial score (nSPS) is 16.8. The van der Waals surface area contributed by atoms with Crippen LogP contribution in [0, 0.1) is 24.7 Å². The van der Waals surface area contributed by atoms with E-state index in [2.05, 4.69) is 26.8 Å². The van der Waals surface area contributed by atoms with Gasteiger partial charge >= 0.3 is 0 Å². The largest absolute Gasteiger partial charge is 0.369 e. The van der Waals surface area contributed by atoms with Gasteiger partial charge in [-0.15, -0.1) is 0 Å². The van der Waals surface area contributed by atoms with E-state index in [-0.39, 0.29) is 17.8 Å². The average Bonchev–Trinajstić information content (AvgIpc) is 2.61. The lowest BCUT2D eigenvalue weighted by Gasteiger charge is -2.32. The number of aromatic nitrogens is 3. The van der Waals surface area contributed by atoms with Crippen molar-refractivity contribution in [2.75, 3.05) is 23.7 Å². The Balaban J connectivity index is 1.99. The lowest BCUT2D eigenvalue weighted by atomic mass is 9.97. The van der Waals surface area contributed by atoms with Crippen molar-refractivity contribution in [2.24, 2.45) is 11.7 Å². The first-order valence-electron chi connectivity index (χ1n) is 8.15. The lowest BCUT2D eigenvalue weighted by molar-refractivity contribution is -0.122. The number of anilines is 2.